The van der Waals surface area contributed by atoms with Crippen LogP contribution in [0.4, 0.5) is 5.69 Å². The fourth-order valence-corrected chi connectivity index (χ4v) is 3.99. The van der Waals surface area contributed by atoms with Gasteiger partial charge in [-0.1, -0.05) is 47.5 Å². The van der Waals surface area contributed by atoms with E-state index in [4.69, 9.17) is 21.1 Å². The van der Waals surface area contributed by atoms with Crippen molar-refractivity contribution in [1.29, 1.82) is 5.26 Å². The molecule has 0 unspecified atom stereocenters. The summed E-state index contributed by atoms with van der Waals surface area (Å²) in [6.07, 6.45) is 1.52. The largest absolute Gasteiger partial charge is 0.493 e. The lowest BCUT2D eigenvalue weighted by Crippen LogP contribution is -2.14. The Morgan fingerprint density at radius 1 is 1.15 bits per heavy atom. The average molecular weight is 573 g/mol. The summed E-state index contributed by atoms with van der Waals surface area (Å²) in [5, 5.41) is 12.8. The third-order valence-corrected chi connectivity index (χ3v) is 5.92. The van der Waals surface area contributed by atoms with E-state index in [1.807, 2.05) is 50.2 Å². The number of aryl methyl sites for hydroxylation is 2. The van der Waals surface area contributed by atoms with Gasteiger partial charge in [-0.25, -0.2) is 0 Å². The first kappa shape index (κ1) is 24.6. The van der Waals surface area contributed by atoms with Gasteiger partial charge in [0.1, 0.15) is 18.2 Å². The Morgan fingerprint density at radius 3 is 2.55 bits per heavy atom. The van der Waals surface area contributed by atoms with Crippen LogP contribution in [0.2, 0.25) is 5.02 Å². The van der Waals surface area contributed by atoms with Crippen LogP contribution in [0.25, 0.3) is 6.08 Å². The van der Waals surface area contributed by atoms with Crippen molar-refractivity contribution in [2.45, 2.75) is 20.5 Å². The maximum Gasteiger partial charge on any atom is 0.266 e. The number of nitriles is 1. The molecule has 0 aromatic heterocycles. The lowest BCUT2D eigenvalue weighted by atomic mass is 10.1. The van der Waals surface area contributed by atoms with Crippen molar-refractivity contribution in [2.75, 3.05) is 12.4 Å². The SMILES string of the molecule is COc1cc(/C=C(\C#N)C(=O)Nc2cc(Cl)ccc2C)cc(I)c1OCc1ccc(C)cc1. The van der Waals surface area contributed by atoms with E-state index >= 15 is 0 Å². The van der Waals surface area contributed by atoms with Crippen molar-refractivity contribution < 1.29 is 14.3 Å². The summed E-state index contributed by atoms with van der Waals surface area (Å²) in [4.78, 5) is 12.7. The Balaban J connectivity index is 1.83. The average Bonchev–Trinajstić information content (AvgIpc) is 2.79. The molecule has 0 spiro atoms. The quantitative estimate of drug-likeness (QED) is 0.194. The predicted octanol–water partition coefficient (Wildman–Crippen LogP) is 6.69. The second-order valence-corrected chi connectivity index (χ2v) is 8.99. The molecule has 3 rings (SSSR count). The van der Waals surface area contributed by atoms with Crippen LogP contribution in [-0.2, 0) is 11.4 Å². The number of hydrogen-bond donors (Lipinski definition) is 1. The van der Waals surface area contributed by atoms with Gasteiger partial charge < -0.3 is 14.8 Å². The molecule has 1 N–H and O–H groups in total. The number of hydrogen-bond acceptors (Lipinski definition) is 4. The molecule has 0 bridgehead atoms. The van der Waals surface area contributed by atoms with Gasteiger partial charge in [0.15, 0.2) is 11.5 Å². The molecular formula is C26H22ClIN2O3. The van der Waals surface area contributed by atoms with Crippen LogP contribution in [0.1, 0.15) is 22.3 Å². The molecule has 0 atom stereocenters. The minimum absolute atomic E-state index is 0.0412. The Kier molecular flexibility index (Phi) is 8.37. The molecule has 0 saturated heterocycles. The normalized spacial score (nSPS) is 11.0. The zero-order chi connectivity index (χ0) is 24.0. The molecule has 5 nitrogen and oxygen atoms in total. The number of halogens is 2. The first-order valence-corrected chi connectivity index (χ1v) is 11.5. The van der Waals surface area contributed by atoms with Crippen LogP contribution in [0.3, 0.4) is 0 Å². The molecule has 0 aliphatic carbocycles. The zero-order valence-electron chi connectivity index (χ0n) is 18.4. The Labute approximate surface area is 212 Å². The summed E-state index contributed by atoms with van der Waals surface area (Å²) < 4.78 is 12.3. The monoisotopic (exact) mass is 572 g/mol. The molecule has 33 heavy (non-hydrogen) atoms. The highest BCUT2D eigenvalue weighted by Gasteiger charge is 2.15. The van der Waals surface area contributed by atoms with E-state index in [1.54, 1.807) is 31.4 Å². The molecule has 0 fully saturated rings. The Hall–Kier alpha value is -3.02. The number of anilines is 1. The number of amides is 1. The van der Waals surface area contributed by atoms with Crippen LogP contribution in [0.15, 0.2) is 60.2 Å². The minimum Gasteiger partial charge on any atom is -0.493 e. The molecule has 7 heteroatoms. The molecule has 3 aromatic carbocycles. The van der Waals surface area contributed by atoms with Gasteiger partial charge in [-0.05, 0) is 83.5 Å². The van der Waals surface area contributed by atoms with Gasteiger partial charge in [0.2, 0.25) is 0 Å². The molecule has 0 saturated carbocycles. The van der Waals surface area contributed by atoms with Crippen LogP contribution in [0.5, 0.6) is 11.5 Å². The van der Waals surface area contributed by atoms with E-state index in [-0.39, 0.29) is 5.57 Å². The van der Waals surface area contributed by atoms with Crippen LogP contribution in [0, 0.1) is 28.7 Å². The van der Waals surface area contributed by atoms with Crippen molar-refractivity contribution in [3.05, 3.63) is 91.0 Å². The number of ether oxygens (including phenoxy) is 2. The maximum absolute atomic E-state index is 12.7. The van der Waals surface area contributed by atoms with E-state index in [9.17, 15) is 10.1 Å². The highest BCUT2D eigenvalue weighted by molar-refractivity contribution is 14.1. The topological polar surface area (TPSA) is 71.3 Å². The third kappa shape index (κ3) is 6.50. The second kappa shape index (κ2) is 11.2. The molecule has 0 heterocycles. The second-order valence-electron chi connectivity index (χ2n) is 7.39. The number of rotatable bonds is 7. The minimum atomic E-state index is -0.517. The summed E-state index contributed by atoms with van der Waals surface area (Å²) in [5.74, 6) is 0.605. The molecule has 168 valence electrons. The van der Waals surface area contributed by atoms with E-state index in [1.165, 1.54) is 11.6 Å². The first-order valence-electron chi connectivity index (χ1n) is 10.1. The van der Waals surface area contributed by atoms with Gasteiger partial charge in [0.25, 0.3) is 5.91 Å². The summed E-state index contributed by atoms with van der Waals surface area (Å²) in [6.45, 7) is 4.28. The third-order valence-electron chi connectivity index (χ3n) is 4.88. The smallest absolute Gasteiger partial charge is 0.266 e. The lowest BCUT2D eigenvalue weighted by molar-refractivity contribution is -0.112. The molecule has 0 radical (unpaired) electrons. The van der Waals surface area contributed by atoms with Gasteiger partial charge >= 0.3 is 0 Å². The summed E-state index contributed by atoms with van der Waals surface area (Å²) >= 11 is 8.18. The highest BCUT2D eigenvalue weighted by Crippen LogP contribution is 2.35. The lowest BCUT2D eigenvalue weighted by Gasteiger charge is -2.14. The number of nitrogens with zero attached hydrogens (tertiary/aromatic N) is 1. The first-order chi connectivity index (χ1) is 15.8. The van der Waals surface area contributed by atoms with E-state index in [0.29, 0.717) is 34.4 Å². The zero-order valence-corrected chi connectivity index (χ0v) is 21.3. The van der Waals surface area contributed by atoms with Crippen LogP contribution >= 0.6 is 34.2 Å². The van der Waals surface area contributed by atoms with Crippen molar-refractivity contribution in [3.63, 3.8) is 0 Å². The van der Waals surface area contributed by atoms with Crippen molar-refractivity contribution in [1.82, 2.24) is 0 Å². The molecule has 1 amide bonds. The van der Waals surface area contributed by atoms with Gasteiger partial charge in [-0.3, -0.25) is 4.79 Å². The van der Waals surface area contributed by atoms with E-state index < -0.39 is 5.91 Å². The van der Waals surface area contributed by atoms with Gasteiger partial charge in [-0.15, -0.1) is 0 Å². The molecule has 3 aromatic rings. The number of nitrogens with one attached hydrogen (secondary N) is 1. The number of benzene rings is 3. The van der Waals surface area contributed by atoms with Crippen molar-refractivity contribution >= 4 is 51.9 Å². The number of carbonyl (C=O) groups excluding carboxylic acids is 1. The van der Waals surface area contributed by atoms with Crippen molar-refractivity contribution in [2.24, 2.45) is 0 Å². The summed E-state index contributed by atoms with van der Waals surface area (Å²) in [6, 6.07) is 18.8. The Morgan fingerprint density at radius 2 is 1.88 bits per heavy atom. The standard InChI is InChI=1S/C26H22ClIN2O3/c1-16-4-7-18(8-5-16)15-33-25-22(28)11-19(12-24(25)32-3)10-20(14-29)26(31)30-23-13-21(27)9-6-17(23)2/h4-13H,15H2,1-3H3,(H,30,31)/b20-10+. The van der Waals surface area contributed by atoms with Crippen LogP contribution < -0.4 is 14.8 Å². The predicted molar refractivity (Wildman–Crippen MR) is 140 cm³/mol. The van der Waals surface area contributed by atoms with Crippen LogP contribution in [-0.4, -0.2) is 13.0 Å². The number of carbonyl (C=O) groups is 1. The Bertz CT molecular complexity index is 1250. The van der Waals surface area contributed by atoms with Gasteiger partial charge in [0.05, 0.1) is 10.7 Å². The summed E-state index contributed by atoms with van der Waals surface area (Å²) in [5.41, 5.74) is 4.23. The molecule has 0 aliphatic rings. The summed E-state index contributed by atoms with van der Waals surface area (Å²) in [7, 11) is 1.55. The van der Waals surface area contributed by atoms with E-state index in [0.717, 1.165) is 14.7 Å². The highest BCUT2D eigenvalue weighted by atomic mass is 127. The molecule has 0 aliphatic heterocycles. The molecular weight excluding hydrogens is 551 g/mol. The fourth-order valence-electron chi connectivity index (χ4n) is 3.04. The van der Waals surface area contributed by atoms with Gasteiger partial charge in [0, 0.05) is 10.7 Å². The maximum atomic E-state index is 12.7. The van der Waals surface area contributed by atoms with Gasteiger partial charge in [-0.2, -0.15) is 5.26 Å². The fraction of sp³-hybridized carbons (Fsp3) is 0.154. The number of methoxy groups -OCH3 is 1. The van der Waals surface area contributed by atoms with E-state index in [2.05, 4.69) is 27.9 Å². The van der Waals surface area contributed by atoms with Crippen molar-refractivity contribution in [3.8, 4) is 17.6 Å².